The van der Waals surface area contributed by atoms with E-state index in [1.165, 1.54) is 0 Å². The minimum atomic E-state index is -2.77. The molecule has 1 nitrogen and oxygen atoms in total. The molecule has 1 aromatic rings. The molecular formula is C15H21F2N. The van der Waals surface area contributed by atoms with Crippen molar-refractivity contribution in [1.82, 2.24) is 5.32 Å². The molecule has 100 valence electrons. The lowest BCUT2D eigenvalue weighted by Gasteiger charge is -2.32. The SMILES string of the molecule is Cc1ccc(C(F)(F)C2CCCCN2)c(C)c1C. The van der Waals surface area contributed by atoms with Crippen LogP contribution < -0.4 is 5.32 Å². The zero-order valence-electron chi connectivity index (χ0n) is 11.3. The van der Waals surface area contributed by atoms with Gasteiger partial charge < -0.3 is 5.32 Å². The largest absolute Gasteiger partial charge is 0.308 e. The Bertz CT molecular complexity index is 434. The van der Waals surface area contributed by atoms with Crippen LogP contribution in [0.25, 0.3) is 0 Å². The molecular weight excluding hydrogens is 232 g/mol. The molecule has 0 aliphatic carbocycles. The van der Waals surface area contributed by atoms with Gasteiger partial charge in [0, 0.05) is 5.56 Å². The van der Waals surface area contributed by atoms with Gasteiger partial charge in [0.2, 0.25) is 0 Å². The fourth-order valence-corrected chi connectivity index (χ4v) is 2.67. The number of piperidine rings is 1. The molecule has 2 rings (SSSR count). The number of alkyl halides is 2. The lowest BCUT2D eigenvalue weighted by molar-refractivity contribution is -0.0518. The molecule has 1 saturated heterocycles. The van der Waals surface area contributed by atoms with Crippen LogP contribution in [-0.2, 0) is 5.92 Å². The van der Waals surface area contributed by atoms with E-state index in [0.717, 1.165) is 29.5 Å². The highest BCUT2D eigenvalue weighted by atomic mass is 19.3. The molecule has 0 aromatic heterocycles. The maximum atomic E-state index is 14.6. The number of hydrogen-bond donors (Lipinski definition) is 1. The topological polar surface area (TPSA) is 12.0 Å². The fraction of sp³-hybridized carbons (Fsp3) is 0.600. The summed E-state index contributed by atoms with van der Waals surface area (Å²) in [7, 11) is 0. The van der Waals surface area contributed by atoms with Crippen LogP contribution >= 0.6 is 0 Å². The van der Waals surface area contributed by atoms with Gasteiger partial charge in [0.25, 0.3) is 5.92 Å². The lowest BCUT2D eigenvalue weighted by Crippen LogP contribution is -2.46. The Kier molecular flexibility index (Phi) is 3.71. The van der Waals surface area contributed by atoms with Gasteiger partial charge in [-0.1, -0.05) is 18.6 Å². The summed E-state index contributed by atoms with van der Waals surface area (Å²) in [4.78, 5) is 0. The number of aryl methyl sites for hydroxylation is 1. The summed E-state index contributed by atoms with van der Waals surface area (Å²) >= 11 is 0. The first-order valence-corrected chi connectivity index (χ1v) is 6.63. The Labute approximate surface area is 108 Å². The van der Waals surface area contributed by atoms with Crippen LogP contribution in [0.3, 0.4) is 0 Å². The first-order chi connectivity index (χ1) is 8.44. The van der Waals surface area contributed by atoms with Gasteiger partial charge in [-0.25, -0.2) is 0 Å². The van der Waals surface area contributed by atoms with Crippen molar-refractivity contribution < 1.29 is 8.78 Å². The average molecular weight is 253 g/mol. The monoisotopic (exact) mass is 253 g/mol. The van der Waals surface area contributed by atoms with Crippen LogP contribution in [0, 0.1) is 20.8 Å². The number of rotatable bonds is 2. The maximum Gasteiger partial charge on any atom is 0.288 e. The van der Waals surface area contributed by atoms with E-state index < -0.39 is 12.0 Å². The first kappa shape index (κ1) is 13.5. The molecule has 1 N–H and O–H groups in total. The molecule has 1 heterocycles. The highest BCUT2D eigenvalue weighted by molar-refractivity contribution is 5.41. The molecule has 1 fully saturated rings. The number of hydrogen-bond acceptors (Lipinski definition) is 1. The molecule has 1 atom stereocenters. The van der Waals surface area contributed by atoms with Crippen molar-refractivity contribution in [2.75, 3.05) is 6.54 Å². The third-order valence-electron chi connectivity index (χ3n) is 4.17. The fourth-order valence-electron chi connectivity index (χ4n) is 2.67. The zero-order chi connectivity index (χ0) is 13.3. The highest BCUT2D eigenvalue weighted by Gasteiger charge is 2.42. The summed E-state index contributed by atoms with van der Waals surface area (Å²) < 4.78 is 29.1. The van der Waals surface area contributed by atoms with E-state index in [9.17, 15) is 8.78 Å². The molecule has 0 amide bonds. The normalized spacial score (nSPS) is 21.1. The smallest absolute Gasteiger partial charge is 0.288 e. The van der Waals surface area contributed by atoms with Gasteiger partial charge >= 0.3 is 0 Å². The van der Waals surface area contributed by atoms with Gasteiger partial charge in [-0.15, -0.1) is 0 Å². The second-order valence-corrected chi connectivity index (χ2v) is 5.31. The van der Waals surface area contributed by atoms with Crippen LogP contribution in [0.1, 0.15) is 41.5 Å². The molecule has 0 saturated carbocycles. The van der Waals surface area contributed by atoms with Crippen LogP contribution in [0.2, 0.25) is 0 Å². The Hall–Kier alpha value is -0.960. The summed E-state index contributed by atoms with van der Waals surface area (Å²) in [5, 5.41) is 2.97. The molecule has 1 aliphatic rings. The van der Waals surface area contributed by atoms with Crippen LogP contribution in [0.4, 0.5) is 8.78 Å². The summed E-state index contributed by atoms with van der Waals surface area (Å²) in [5.74, 6) is -2.77. The van der Waals surface area contributed by atoms with Gasteiger partial charge in [-0.05, 0) is 56.8 Å². The predicted molar refractivity (Wildman–Crippen MR) is 70.2 cm³/mol. The van der Waals surface area contributed by atoms with Gasteiger partial charge in [-0.2, -0.15) is 8.78 Å². The molecule has 0 bridgehead atoms. The number of benzene rings is 1. The molecule has 1 aliphatic heterocycles. The van der Waals surface area contributed by atoms with Crippen molar-refractivity contribution >= 4 is 0 Å². The lowest BCUT2D eigenvalue weighted by atomic mass is 9.88. The van der Waals surface area contributed by atoms with Crippen molar-refractivity contribution in [2.24, 2.45) is 0 Å². The van der Waals surface area contributed by atoms with Crippen LogP contribution in [-0.4, -0.2) is 12.6 Å². The summed E-state index contributed by atoms with van der Waals surface area (Å²) in [6.07, 6.45) is 2.44. The summed E-state index contributed by atoms with van der Waals surface area (Å²) in [6, 6.07) is 2.68. The molecule has 1 aromatic carbocycles. The third-order valence-corrected chi connectivity index (χ3v) is 4.17. The predicted octanol–water partition coefficient (Wildman–Crippen LogP) is 3.85. The number of nitrogens with one attached hydrogen (secondary N) is 1. The van der Waals surface area contributed by atoms with Crippen molar-refractivity contribution in [2.45, 2.75) is 52.0 Å². The second-order valence-electron chi connectivity index (χ2n) is 5.31. The Balaban J connectivity index is 2.37. The van der Waals surface area contributed by atoms with Crippen molar-refractivity contribution in [3.63, 3.8) is 0 Å². The van der Waals surface area contributed by atoms with Crippen LogP contribution in [0.5, 0.6) is 0 Å². The van der Waals surface area contributed by atoms with Crippen molar-refractivity contribution in [1.29, 1.82) is 0 Å². The molecule has 3 heteroatoms. The minimum Gasteiger partial charge on any atom is -0.308 e. The second kappa shape index (κ2) is 4.96. The number of halogens is 2. The molecule has 0 spiro atoms. The highest BCUT2D eigenvalue weighted by Crippen LogP contribution is 2.38. The van der Waals surface area contributed by atoms with E-state index >= 15 is 0 Å². The van der Waals surface area contributed by atoms with Gasteiger partial charge in [-0.3, -0.25) is 0 Å². The molecule has 0 radical (unpaired) electrons. The summed E-state index contributed by atoms with van der Waals surface area (Å²) in [6.45, 7) is 6.38. The Morgan fingerprint density at radius 1 is 1.11 bits per heavy atom. The molecule has 1 unspecified atom stereocenters. The standard InChI is InChI=1S/C15H21F2N/c1-10-7-8-13(12(3)11(10)2)15(16,17)14-6-4-5-9-18-14/h7-8,14,18H,4-6,9H2,1-3H3. The average Bonchev–Trinajstić information content (AvgIpc) is 2.37. The van der Waals surface area contributed by atoms with E-state index in [2.05, 4.69) is 5.32 Å². The van der Waals surface area contributed by atoms with Crippen molar-refractivity contribution in [3.8, 4) is 0 Å². The first-order valence-electron chi connectivity index (χ1n) is 6.63. The van der Waals surface area contributed by atoms with Gasteiger partial charge in [0.1, 0.15) is 0 Å². The Morgan fingerprint density at radius 3 is 2.44 bits per heavy atom. The van der Waals surface area contributed by atoms with E-state index in [4.69, 9.17) is 0 Å². The van der Waals surface area contributed by atoms with Gasteiger partial charge in [0.15, 0.2) is 0 Å². The third kappa shape index (κ3) is 2.28. The Morgan fingerprint density at radius 2 is 1.83 bits per heavy atom. The summed E-state index contributed by atoms with van der Waals surface area (Å²) in [5.41, 5.74) is 2.96. The van der Waals surface area contributed by atoms with E-state index in [-0.39, 0.29) is 5.56 Å². The van der Waals surface area contributed by atoms with Crippen LogP contribution in [0.15, 0.2) is 12.1 Å². The minimum absolute atomic E-state index is 0.185. The molecule has 18 heavy (non-hydrogen) atoms. The van der Waals surface area contributed by atoms with E-state index in [0.29, 0.717) is 13.0 Å². The van der Waals surface area contributed by atoms with E-state index in [1.54, 1.807) is 19.1 Å². The maximum absolute atomic E-state index is 14.6. The van der Waals surface area contributed by atoms with E-state index in [1.807, 2.05) is 13.8 Å². The quantitative estimate of drug-likeness (QED) is 0.844. The van der Waals surface area contributed by atoms with Gasteiger partial charge in [0.05, 0.1) is 6.04 Å². The van der Waals surface area contributed by atoms with Crippen molar-refractivity contribution in [3.05, 3.63) is 34.4 Å². The zero-order valence-corrected chi connectivity index (χ0v) is 11.3.